The highest BCUT2D eigenvalue weighted by atomic mass is 16.5. The lowest BCUT2D eigenvalue weighted by molar-refractivity contribution is 0.415. The third kappa shape index (κ3) is 2.51. The number of hydrogen-bond donors (Lipinski definition) is 1. The van der Waals surface area contributed by atoms with Crippen molar-refractivity contribution >= 4 is 22.5 Å². The number of methoxy groups -OCH3 is 1. The molecule has 0 unspecified atom stereocenters. The van der Waals surface area contributed by atoms with Crippen molar-refractivity contribution in [1.82, 2.24) is 20.2 Å². The second-order valence-electron chi connectivity index (χ2n) is 5.92. The molecule has 7 heteroatoms. The van der Waals surface area contributed by atoms with Crippen molar-refractivity contribution in [1.29, 1.82) is 0 Å². The second-order valence-corrected chi connectivity index (χ2v) is 5.92. The largest absolute Gasteiger partial charge is 0.497 e. The molecule has 0 radical (unpaired) electrons. The molecule has 1 N–H and O–H groups in total. The Morgan fingerprint density at radius 3 is 2.38 bits per heavy atom. The Hall–Kier alpha value is -2.83. The standard InChI is InChI=1S/C17H20N6O/c1-12-15-16(21-20-12)17(19-11-18-15)23-9-7-22(8-10-23)13-3-5-14(24-2)6-4-13/h3-6,11H,7-10H2,1-2H3,(H,20,21). The summed E-state index contributed by atoms with van der Waals surface area (Å²) in [5, 5.41) is 7.37. The lowest BCUT2D eigenvalue weighted by Crippen LogP contribution is -2.46. The van der Waals surface area contributed by atoms with Gasteiger partial charge in [-0.3, -0.25) is 5.10 Å². The second kappa shape index (κ2) is 5.99. The fourth-order valence-electron chi connectivity index (χ4n) is 3.14. The average molecular weight is 324 g/mol. The van der Waals surface area contributed by atoms with Gasteiger partial charge in [-0.05, 0) is 31.2 Å². The van der Waals surface area contributed by atoms with Crippen molar-refractivity contribution in [2.75, 3.05) is 43.1 Å². The molecule has 7 nitrogen and oxygen atoms in total. The van der Waals surface area contributed by atoms with Crippen molar-refractivity contribution in [3.05, 3.63) is 36.3 Å². The highest BCUT2D eigenvalue weighted by Crippen LogP contribution is 2.25. The van der Waals surface area contributed by atoms with Crippen LogP contribution in [0, 0.1) is 6.92 Å². The van der Waals surface area contributed by atoms with Crippen LogP contribution in [0.25, 0.3) is 11.0 Å². The molecule has 0 atom stereocenters. The predicted octanol–water partition coefficient (Wildman–Crippen LogP) is 2.00. The van der Waals surface area contributed by atoms with Gasteiger partial charge >= 0.3 is 0 Å². The van der Waals surface area contributed by atoms with E-state index in [2.05, 4.69) is 42.1 Å². The van der Waals surface area contributed by atoms with E-state index < -0.39 is 0 Å². The molecular formula is C17H20N6O. The predicted molar refractivity (Wildman–Crippen MR) is 93.8 cm³/mol. The van der Waals surface area contributed by atoms with Gasteiger partial charge in [-0.2, -0.15) is 5.10 Å². The Morgan fingerprint density at radius 1 is 0.958 bits per heavy atom. The smallest absolute Gasteiger partial charge is 0.160 e. The molecule has 1 aliphatic rings. The molecule has 0 spiro atoms. The highest BCUT2D eigenvalue weighted by molar-refractivity contribution is 5.87. The number of aromatic nitrogens is 4. The number of fused-ring (bicyclic) bond motifs is 1. The third-order valence-corrected chi connectivity index (χ3v) is 4.51. The molecule has 3 heterocycles. The first kappa shape index (κ1) is 14.7. The average Bonchev–Trinajstić information content (AvgIpc) is 3.03. The van der Waals surface area contributed by atoms with Gasteiger partial charge in [0.1, 0.15) is 17.6 Å². The van der Waals surface area contributed by atoms with Crippen LogP contribution in [0.5, 0.6) is 5.75 Å². The Balaban J connectivity index is 1.51. The van der Waals surface area contributed by atoms with E-state index in [1.54, 1.807) is 13.4 Å². The summed E-state index contributed by atoms with van der Waals surface area (Å²) in [4.78, 5) is 13.4. The molecule has 3 aromatic rings. The van der Waals surface area contributed by atoms with Crippen molar-refractivity contribution < 1.29 is 4.74 Å². The van der Waals surface area contributed by atoms with E-state index in [0.29, 0.717) is 0 Å². The van der Waals surface area contributed by atoms with Crippen molar-refractivity contribution in [3.63, 3.8) is 0 Å². The van der Waals surface area contributed by atoms with Crippen molar-refractivity contribution in [2.45, 2.75) is 6.92 Å². The quantitative estimate of drug-likeness (QED) is 0.794. The van der Waals surface area contributed by atoms with Crippen LogP contribution in [0.1, 0.15) is 5.69 Å². The van der Waals surface area contributed by atoms with Crippen LogP contribution in [0.4, 0.5) is 11.5 Å². The van der Waals surface area contributed by atoms with Gasteiger partial charge in [-0.1, -0.05) is 0 Å². The molecule has 0 amide bonds. The maximum Gasteiger partial charge on any atom is 0.160 e. The van der Waals surface area contributed by atoms with Crippen molar-refractivity contribution in [2.24, 2.45) is 0 Å². The molecule has 1 aliphatic heterocycles. The number of benzene rings is 1. The summed E-state index contributed by atoms with van der Waals surface area (Å²) in [5.41, 5.74) is 3.95. The fourth-order valence-corrected chi connectivity index (χ4v) is 3.14. The van der Waals surface area contributed by atoms with Gasteiger partial charge in [-0.25, -0.2) is 9.97 Å². The maximum absolute atomic E-state index is 5.22. The van der Waals surface area contributed by atoms with Gasteiger partial charge in [0.2, 0.25) is 0 Å². The molecule has 0 aliphatic carbocycles. The summed E-state index contributed by atoms with van der Waals surface area (Å²) in [7, 11) is 1.69. The zero-order valence-corrected chi connectivity index (χ0v) is 13.9. The van der Waals surface area contributed by atoms with E-state index in [4.69, 9.17) is 4.74 Å². The van der Waals surface area contributed by atoms with Crippen molar-refractivity contribution in [3.8, 4) is 5.75 Å². The van der Waals surface area contributed by atoms with E-state index in [9.17, 15) is 0 Å². The van der Waals surface area contributed by atoms with Gasteiger partial charge in [0.25, 0.3) is 0 Å². The molecule has 2 aromatic heterocycles. The molecule has 24 heavy (non-hydrogen) atoms. The zero-order chi connectivity index (χ0) is 16.5. The summed E-state index contributed by atoms with van der Waals surface area (Å²) in [6, 6.07) is 8.22. The normalized spacial score (nSPS) is 15.1. The van der Waals surface area contributed by atoms with Crippen LogP contribution in [-0.4, -0.2) is 53.5 Å². The van der Waals surface area contributed by atoms with Crippen LogP contribution in [-0.2, 0) is 0 Å². The molecule has 124 valence electrons. The minimum Gasteiger partial charge on any atom is -0.497 e. The van der Waals surface area contributed by atoms with Crippen LogP contribution >= 0.6 is 0 Å². The molecular weight excluding hydrogens is 304 g/mol. The molecule has 0 bridgehead atoms. The molecule has 4 rings (SSSR count). The summed E-state index contributed by atoms with van der Waals surface area (Å²) < 4.78 is 5.22. The van der Waals surface area contributed by atoms with Gasteiger partial charge in [0.15, 0.2) is 11.3 Å². The topological polar surface area (TPSA) is 70.2 Å². The number of aryl methyl sites for hydroxylation is 1. The SMILES string of the molecule is COc1ccc(N2CCN(c3ncnc4c(C)[nH]nc34)CC2)cc1. The Morgan fingerprint density at radius 2 is 1.67 bits per heavy atom. The Labute approximate surface area is 140 Å². The summed E-state index contributed by atoms with van der Waals surface area (Å²) in [6.07, 6.45) is 1.62. The monoisotopic (exact) mass is 324 g/mol. The maximum atomic E-state index is 5.22. The Bertz CT molecular complexity index is 836. The molecule has 0 saturated carbocycles. The van der Waals surface area contributed by atoms with E-state index in [-0.39, 0.29) is 0 Å². The molecule has 1 aromatic carbocycles. The number of aromatic amines is 1. The lowest BCUT2D eigenvalue weighted by Gasteiger charge is -2.36. The first-order chi connectivity index (χ1) is 11.8. The van der Waals surface area contributed by atoms with Crippen LogP contribution in [0.3, 0.4) is 0 Å². The number of anilines is 2. The fraction of sp³-hybridized carbons (Fsp3) is 0.353. The first-order valence-corrected chi connectivity index (χ1v) is 8.06. The van der Waals surface area contributed by atoms with Crippen LogP contribution < -0.4 is 14.5 Å². The number of H-pyrrole nitrogens is 1. The lowest BCUT2D eigenvalue weighted by atomic mass is 10.2. The highest BCUT2D eigenvalue weighted by Gasteiger charge is 2.21. The van der Waals surface area contributed by atoms with E-state index in [1.807, 2.05) is 19.1 Å². The molecule has 1 fully saturated rings. The first-order valence-electron chi connectivity index (χ1n) is 8.06. The zero-order valence-electron chi connectivity index (χ0n) is 13.9. The minimum absolute atomic E-state index is 0.855. The van der Waals surface area contributed by atoms with Gasteiger partial charge in [-0.15, -0.1) is 0 Å². The minimum atomic E-state index is 0.855. The van der Waals surface area contributed by atoms with E-state index in [1.165, 1.54) is 5.69 Å². The Kier molecular flexibility index (Phi) is 3.68. The van der Waals surface area contributed by atoms with Gasteiger partial charge < -0.3 is 14.5 Å². The molecule has 1 saturated heterocycles. The van der Waals surface area contributed by atoms with Gasteiger partial charge in [0, 0.05) is 31.9 Å². The number of nitrogens with zero attached hydrogens (tertiary/aromatic N) is 5. The summed E-state index contributed by atoms with van der Waals surface area (Å²) >= 11 is 0. The van der Waals surface area contributed by atoms with Crippen LogP contribution in [0.2, 0.25) is 0 Å². The summed E-state index contributed by atoms with van der Waals surface area (Å²) in [5.74, 6) is 1.80. The number of rotatable bonds is 3. The number of nitrogens with one attached hydrogen (secondary N) is 1. The van der Waals surface area contributed by atoms with E-state index >= 15 is 0 Å². The summed E-state index contributed by atoms with van der Waals surface area (Å²) in [6.45, 7) is 5.68. The van der Waals surface area contributed by atoms with E-state index in [0.717, 1.165) is 54.5 Å². The third-order valence-electron chi connectivity index (χ3n) is 4.51. The van der Waals surface area contributed by atoms with Crippen LogP contribution in [0.15, 0.2) is 30.6 Å². The number of ether oxygens (including phenoxy) is 1. The number of hydrogen-bond acceptors (Lipinski definition) is 6. The van der Waals surface area contributed by atoms with Gasteiger partial charge in [0.05, 0.1) is 12.8 Å². The number of piperazine rings is 1.